The van der Waals surface area contributed by atoms with Crippen molar-refractivity contribution in [1.29, 1.82) is 0 Å². The van der Waals surface area contributed by atoms with Gasteiger partial charge >= 0.3 is 5.97 Å². The second-order valence-corrected chi connectivity index (χ2v) is 23.7. The third-order valence-electron chi connectivity index (χ3n) is 14.2. The van der Waals surface area contributed by atoms with Crippen molar-refractivity contribution in [2.24, 2.45) is 28.3 Å². The van der Waals surface area contributed by atoms with Crippen LogP contribution in [-0.4, -0.2) is 212 Å². The Hall–Kier alpha value is -7.28. The van der Waals surface area contributed by atoms with Crippen LogP contribution in [0.15, 0.2) is 29.3 Å². The minimum Gasteiger partial charge on any atom is -0.508 e. The Labute approximate surface area is 524 Å². The average Bonchev–Trinajstić information content (AvgIpc) is 3.30. The number of rotatable bonds is 41. The number of phenols is 1. The molecule has 1 aromatic carbocycles. The number of carbonyl (C=O) groups is 12. The summed E-state index contributed by atoms with van der Waals surface area (Å²) in [6, 6.07) is 1.92. The van der Waals surface area contributed by atoms with Crippen LogP contribution in [0.1, 0.15) is 123 Å². The normalized spacial score (nSPS) is 18.9. The molecule has 15 N–H and O–H groups in total. The fourth-order valence-electron chi connectivity index (χ4n) is 9.49. The van der Waals surface area contributed by atoms with Gasteiger partial charge in [-0.2, -0.15) is 0 Å². The Bertz CT molecular complexity index is 2520. The second kappa shape index (κ2) is 42.6. The molecule has 0 spiro atoms. The molecule has 1 aromatic rings. The van der Waals surface area contributed by atoms with Crippen LogP contribution in [0.25, 0.3) is 0 Å². The molecule has 0 aromatic heterocycles. The number of benzene rings is 1. The van der Waals surface area contributed by atoms with E-state index in [4.69, 9.17) is 20.9 Å². The number of ketones is 2. The van der Waals surface area contributed by atoms with Gasteiger partial charge in [0.2, 0.25) is 53.2 Å². The molecule has 2 aliphatic heterocycles. The smallest absolute Gasteiger partial charge is 0.305 e. The van der Waals surface area contributed by atoms with E-state index >= 15 is 0 Å². The second-order valence-electron chi connectivity index (χ2n) is 22.4. The Balaban J connectivity index is 1.34. The lowest BCUT2D eigenvalue weighted by Gasteiger charge is -2.25. The van der Waals surface area contributed by atoms with Crippen molar-refractivity contribution < 1.29 is 77.2 Å². The Kier molecular flexibility index (Phi) is 36.4. The molecule has 6 atom stereocenters. The van der Waals surface area contributed by atoms with Gasteiger partial charge in [-0.1, -0.05) is 39.8 Å². The van der Waals surface area contributed by atoms with Crippen molar-refractivity contribution in [2.45, 2.75) is 159 Å². The molecular formula is C59H95N13O16S. The number of likely N-dealkylation sites (tertiary alicyclic amines) is 1. The number of carboxylic acid groups (broad SMARTS) is 1. The van der Waals surface area contributed by atoms with E-state index < -0.39 is 95.9 Å². The zero-order valence-corrected chi connectivity index (χ0v) is 52.6. The third-order valence-corrected chi connectivity index (χ3v) is 15.4. The van der Waals surface area contributed by atoms with E-state index in [1.54, 1.807) is 12.1 Å². The molecule has 9 amide bonds. The first-order chi connectivity index (χ1) is 42.4. The van der Waals surface area contributed by atoms with E-state index in [0.29, 0.717) is 51.1 Å². The van der Waals surface area contributed by atoms with Crippen molar-refractivity contribution in [2.75, 3.05) is 84.5 Å². The topological polar surface area (TPSA) is 440 Å². The maximum absolute atomic E-state index is 14.2. The van der Waals surface area contributed by atoms with Crippen molar-refractivity contribution in [3.05, 3.63) is 29.8 Å². The molecule has 29 nitrogen and oxygen atoms in total. The van der Waals surface area contributed by atoms with Crippen LogP contribution in [0, 0.1) is 11.8 Å². The highest BCUT2D eigenvalue weighted by molar-refractivity contribution is 8.00. The molecule has 498 valence electrons. The number of carbonyl (C=O) groups excluding carboxylic acids is 11. The zero-order chi connectivity index (χ0) is 65.7. The van der Waals surface area contributed by atoms with E-state index in [9.17, 15) is 67.7 Å². The molecule has 30 heteroatoms. The number of unbranched alkanes of at least 4 members (excludes halogenated alkanes) is 2. The summed E-state index contributed by atoms with van der Waals surface area (Å²) < 4.78 is 11.1. The molecule has 89 heavy (non-hydrogen) atoms. The number of aliphatic imine (C=N–C) groups is 1. The summed E-state index contributed by atoms with van der Waals surface area (Å²) in [5, 5.41) is 43.7. The van der Waals surface area contributed by atoms with Gasteiger partial charge in [-0.3, -0.25) is 67.4 Å². The molecule has 0 aliphatic carbocycles. The summed E-state index contributed by atoms with van der Waals surface area (Å²) >= 11 is 1.20. The zero-order valence-electron chi connectivity index (χ0n) is 51.8. The van der Waals surface area contributed by atoms with Gasteiger partial charge in [0, 0.05) is 95.0 Å². The first kappa shape index (κ1) is 76.0. The number of guanidine groups is 1. The quantitative estimate of drug-likeness (QED) is 0.0154. The van der Waals surface area contributed by atoms with Crippen LogP contribution in [0.5, 0.6) is 5.75 Å². The van der Waals surface area contributed by atoms with Crippen molar-refractivity contribution in [1.82, 2.24) is 52.8 Å². The molecule has 1 unspecified atom stereocenters. The van der Waals surface area contributed by atoms with E-state index in [0.717, 1.165) is 17.7 Å². The first-order valence-corrected chi connectivity index (χ1v) is 31.7. The van der Waals surface area contributed by atoms with E-state index in [2.05, 4.69) is 52.8 Å². The van der Waals surface area contributed by atoms with Gasteiger partial charge < -0.3 is 79.0 Å². The standard InChI is InChI=1S/C59H95N13O16S/c1-37(2)54(82)43(68-38(3)4)11-6-8-21-63-49(76)18-27-87-29-24-64-48(75)17-26-72-52(79)35-47(58(72)86)89-31-19-50(77)65-25-30-88-28-23-62-20-7-5-10-42-46(74)33-40(32-39-13-15-41(73)16-14-39)55(83)71-45(34-53(80)81)56(84)67-36-51(78)69-44(57(85)70-42)12-9-22-66-59(60)61/h13-16,37-38,40,42-45,47,62,68,73H,5-12,17-36H2,1-4H3,(H,63,76)(H,64,75)(H,65,77)(H,67,84)(H,69,78)(H,70,85)(H,71,83)(H,80,81)(H4,60,61,66)/t40-,42+,43+,44+,45+,47?/m1/s1. The number of hydrogen-bond acceptors (Lipinski definition) is 19. The molecule has 3 rings (SSSR count). The van der Waals surface area contributed by atoms with Gasteiger partial charge in [-0.15, -0.1) is 11.8 Å². The number of hydrogen-bond donors (Lipinski definition) is 13. The van der Waals surface area contributed by atoms with Gasteiger partial charge in [0.15, 0.2) is 17.5 Å². The van der Waals surface area contributed by atoms with Crippen LogP contribution in [-0.2, 0) is 73.4 Å². The van der Waals surface area contributed by atoms with Crippen LogP contribution in [0.4, 0.5) is 0 Å². The number of Topliss-reactive ketones (excluding diaryl/α,β-unsaturated/α-hetero) is 2. The number of aliphatic carboxylic acids is 1. The maximum Gasteiger partial charge on any atom is 0.305 e. The summed E-state index contributed by atoms with van der Waals surface area (Å²) in [7, 11) is 0. The fourth-order valence-corrected chi connectivity index (χ4v) is 10.6. The van der Waals surface area contributed by atoms with Crippen molar-refractivity contribution in [3.63, 3.8) is 0 Å². The predicted octanol–water partition coefficient (Wildman–Crippen LogP) is -1.44. The summed E-state index contributed by atoms with van der Waals surface area (Å²) in [6.45, 7) is 9.84. The summed E-state index contributed by atoms with van der Waals surface area (Å²) in [5.41, 5.74) is 11.4. The Morgan fingerprint density at radius 1 is 0.708 bits per heavy atom. The number of ether oxygens (including phenoxy) is 2. The van der Waals surface area contributed by atoms with Crippen molar-refractivity contribution in [3.8, 4) is 5.75 Å². The summed E-state index contributed by atoms with van der Waals surface area (Å²) in [5.74, 6) is -7.80. The van der Waals surface area contributed by atoms with Crippen LogP contribution in [0.3, 0.4) is 0 Å². The SMILES string of the molecule is CC(C)N[C@@H](CCCCNC(=O)CCOCCNC(=O)CCN1C(=O)CC(SCCC(=O)NCCOCCNCCCC[C@@H]2NC(=O)[C@H](CCCN=C(N)N)NC(=O)CNC(=O)[C@H](CC(=O)O)NC(=O)[C@H](Cc3ccc(O)cc3)CC2=O)C1=O)C(=O)C(C)C. The number of imide groups is 1. The first-order valence-electron chi connectivity index (χ1n) is 30.6. The molecule has 2 saturated heterocycles. The predicted molar refractivity (Wildman–Crippen MR) is 330 cm³/mol. The van der Waals surface area contributed by atoms with Gasteiger partial charge in [0.25, 0.3) is 0 Å². The highest BCUT2D eigenvalue weighted by atomic mass is 32.2. The van der Waals surface area contributed by atoms with E-state index in [1.807, 2.05) is 27.7 Å². The molecular weight excluding hydrogens is 1180 g/mol. The largest absolute Gasteiger partial charge is 0.508 e. The maximum atomic E-state index is 14.2. The van der Waals surface area contributed by atoms with Gasteiger partial charge in [-0.05, 0) is 82.0 Å². The molecule has 0 bridgehead atoms. The fraction of sp³-hybridized carbons (Fsp3) is 0.678. The van der Waals surface area contributed by atoms with Gasteiger partial charge in [0.1, 0.15) is 17.8 Å². The van der Waals surface area contributed by atoms with E-state index in [-0.39, 0.29) is 156 Å². The monoisotopic (exact) mass is 1270 g/mol. The number of phenolic OH excluding ortho intramolecular Hbond substituents is 1. The summed E-state index contributed by atoms with van der Waals surface area (Å²) in [6.07, 6.45) is 2.40. The molecule has 2 heterocycles. The Morgan fingerprint density at radius 3 is 2.01 bits per heavy atom. The van der Waals surface area contributed by atoms with Gasteiger partial charge in [0.05, 0.1) is 56.7 Å². The number of nitrogens with two attached hydrogens (primary N) is 2. The number of amides is 9. The lowest BCUT2D eigenvalue weighted by molar-refractivity contribution is -0.141. The number of nitrogens with zero attached hydrogens (tertiary/aromatic N) is 2. The van der Waals surface area contributed by atoms with E-state index in [1.165, 1.54) is 23.9 Å². The van der Waals surface area contributed by atoms with Crippen LogP contribution in [0.2, 0.25) is 0 Å². The third kappa shape index (κ3) is 32.2. The average molecular weight is 1270 g/mol. The molecule has 2 fully saturated rings. The number of carboxylic acids is 1. The minimum atomic E-state index is -1.62. The number of aromatic hydroxyl groups is 1. The molecule has 2 aliphatic rings. The highest BCUT2D eigenvalue weighted by Crippen LogP contribution is 2.26. The molecule has 0 radical (unpaired) electrons. The van der Waals surface area contributed by atoms with Crippen molar-refractivity contribution >= 4 is 88.4 Å². The lowest BCUT2D eigenvalue weighted by atomic mass is 9.89. The highest BCUT2D eigenvalue weighted by Gasteiger charge is 2.39. The van der Waals surface area contributed by atoms with Crippen LogP contribution >= 0.6 is 11.8 Å². The van der Waals surface area contributed by atoms with Crippen LogP contribution < -0.4 is 59.3 Å². The number of nitrogens with one attached hydrogen (secondary N) is 9. The summed E-state index contributed by atoms with van der Waals surface area (Å²) in [4.78, 5) is 160. The van der Waals surface area contributed by atoms with Gasteiger partial charge in [-0.25, -0.2) is 0 Å². The number of thioether (sulfide) groups is 1. The molecule has 0 saturated carbocycles. The Morgan fingerprint density at radius 2 is 1.34 bits per heavy atom. The lowest BCUT2D eigenvalue weighted by Crippen LogP contribution is -2.54. The minimum absolute atomic E-state index is 0.0321.